The summed E-state index contributed by atoms with van der Waals surface area (Å²) in [6.45, 7) is 1.74. The molecule has 0 aliphatic heterocycles. The van der Waals surface area contributed by atoms with Gasteiger partial charge >= 0.3 is 5.97 Å². The maximum atomic E-state index is 13.0. The molecule has 0 unspecified atom stereocenters. The summed E-state index contributed by atoms with van der Waals surface area (Å²) in [7, 11) is 1.21. The molecule has 0 heterocycles. The molecule has 5 heteroatoms. The van der Waals surface area contributed by atoms with Crippen molar-refractivity contribution in [3.63, 3.8) is 0 Å². The van der Waals surface area contributed by atoms with Crippen molar-refractivity contribution in [1.29, 1.82) is 5.26 Å². The molecule has 0 saturated carbocycles. The van der Waals surface area contributed by atoms with Crippen molar-refractivity contribution >= 4 is 5.97 Å². The van der Waals surface area contributed by atoms with Crippen molar-refractivity contribution in [2.24, 2.45) is 0 Å². The molecule has 1 aromatic carbocycles. The number of carbonyl (C=O) groups excluding carboxylic acids is 1. The molecular weight excluding hydrogens is 240 g/mol. The van der Waals surface area contributed by atoms with E-state index in [2.05, 4.69) is 4.74 Å². The molecule has 0 bridgehead atoms. The largest absolute Gasteiger partial charge is 0.469 e. The Labute approximate surface area is 104 Å². The minimum Gasteiger partial charge on any atom is -0.469 e. The van der Waals surface area contributed by atoms with Gasteiger partial charge in [0.25, 0.3) is 6.43 Å². The Morgan fingerprint density at radius 3 is 2.50 bits per heavy atom. The molecule has 3 nitrogen and oxygen atoms in total. The number of nitrogens with zero attached hydrogens (tertiary/aromatic N) is 1. The van der Waals surface area contributed by atoms with Gasteiger partial charge in [-0.05, 0) is 17.5 Å². The quantitative estimate of drug-likeness (QED) is 0.775. The second kappa shape index (κ2) is 6.10. The first-order valence-corrected chi connectivity index (χ1v) is 5.44. The van der Waals surface area contributed by atoms with Crippen LogP contribution in [0.2, 0.25) is 0 Å². The van der Waals surface area contributed by atoms with Crippen LogP contribution in [0.1, 0.15) is 35.6 Å². The fourth-order valence-electron chi connectivity index (χ4n) is 1.77. The highest BCUT2D eigenvalue weighted by Crippen LogP contribution is 2.29. The highest BCUT2D eigenvalue weighted by atomic mass is 19.3. The number of alkyl halides is 2. The van der Waals surface area contributed by atoms with Crippen molar-refractivity contribution in [1.82, 2.24) is 0 Å². The third-order valence-electron chi connectivity index (χ3n) is 2.70. The number of esters is 1. The lowest BCUT2D eigenvalue weighted by Crippen LogP contribution is -2.09. The summed E-state index contributed by atoms with van der Waals surface area (Å²) in [6.07, 6.45) is -2.50. The average Bonchev–Trinajstić information content (AvgIpc) is 2.37. The van der Waals surface area contributed by atoms with E-state index in [9.17, 15) is 13.6 Å². The zero-order valence-electron chi connectivity index (χ0n) is 10.2. The van der Waals surface area contributed by atoms with Crippen molar-refractivity contribution in [2.45, 2.75) is 26.2 Å². The van der Waals surface area contributed by atoms with Crippen LogP contribution in [0.4, 0.5) is 8.78 Å². The number of rotatable bonds is 4. The van der Waals surface area contributed by atoms with Crippen molar-refractivity contribution < 1.29 is 18.3 Å². The highest BCUT2D eigenvalue weighted by Gasteiger charge is 2.21. The van der Waals surface area contributed by atoms with Crippen LogP contribution >= 0.6 is 0 Å². The Bertz CT molecular complexity index is 492. The highest BCUT2D eigenvalue weighted by molar-refractivity contribution is 5.74. The van der Waals surface area contributed by atoms with E-state index in [0.29, 0.717) is 12.0 Å². The number of benzene rings is 1. The molecule has 18 heavy (non-hydrogen) atoms. The SMILES string of the molecule is CCc1ccc(CC(=O)OC)c(C#N)c1C(F)F. The number of halogens is 2. The fourth-order valence-corrected chi connectivity index (χ4v) is 1.77. The number of carbonyl (C=O) groups is 1. The van der Waals surface area contributed by atoms with Crippen LogP contribution in [-0.4, -0.2) is 13.1 Å². The molecule has 0 radical (unpaired) electrons. The van der Waals surface area contributed by atoms with E-state index in [1.807, 2.05) is 0 Å². The zero-order valence-corrected chi connectivity index (χ0v) is 10.2. The Morgan fingerprint density at radius 2 is 2.06 bits per heavy atom. The molecule has 1 rings (SSSR count). The van der Waals surface area contributed by atoms with E-state index in [4.69, 9.17) is 5.26 Å². The topological polar surface area (TPSA) is 50.1 Å². The smallest absolute Gasteiger partial charge is 0.310 e. The first-order chi connectivity index (χ1) is 8.54. The second-order valence-electron chi connectivity index (χ2n) is 3.69. The van der Waals surface area contributed by atoms with Crippen molar-refractivity contribution in [3.8, 4) is 6.07 Å². The minimum atomic E-state index is -2.73. The van der Waals surface area contributed by atoms with E-state index in [1.54, 1.807) is 13.0 Å². The van der Waals surface area contributed by atoms with E-state index in [0.717, 1.165) is 0 Å². The maximum absolute atomic E-state index is 13.0. The Morgan fingerprint density at radius 1 is 1.44 bits per heavy atom. The third-order valence-corrected chi connectivity index (χ3v) is 2.70. The van der Waals surface area contributed by atoms with Gasteiger partial charge in [-0.15, -0.1) is 0 Å². The summed E-state index contributed by atoms with van der Waals surface area (Å²) in [4.78, 5) is 11.2. The molecular formula is C13H13F2NO2. The van der Waals surface area contributed by atoms with Crippen molar-refractivity contribution in [3.05, 3.63) is 34.4 Å². The van der Waals surface area contributed by atoms with Gasteiger partial charge in [0.2, 0.25) is 0 Å². The molecule has 96 valence electrons. The standard InChI is InChI=1S/C13H13F2NO2/c1-3-8-4-5-9(6-11(17)18-2)10(7-16)12(8)13(14)15/h4-5,13H,3,6H2,1-2H3. The zero-order chi connectivity index (χ0) is 13.7. The number of hydrogen-bond acceptors (Lipinski definition) is 3. The van der Waals surface area contributed by atoms with E-state index in [1.165, 1.54) is 19.2 Å². The summed E-state index contributed by atoms with van der Waals surface area (Å²) < 4.78 is 30.5. The number of hydrogen-bond donors (Lipinski definition) is 0. The van der Waals surface area contributed by atoms with Gasteiger partial charge in [-0.2, -0.15) is 5.26 Å². The van der Waals surface area contributed by atoms with Gasteiger partial charge in [0, 0.05) is 5.56 Å². The molecule has 0 aromatic heterocycles. The normalized spacial score (nSPS) is 10.2. The van der Waals surface area contributed by atoms with Crippen LogP contribution < -0.4 is 0 Å². The lowest BCUT2D eigenvalue weighted by Gasteiger charge is -2.12. The minimum absolute atomic E-state index is 0.116. The van der Waals surface area contributed by atoms with Crippen LogP contribution in [-0.2, 0) is 22.4 Å². The number of aryl methyl sites for hydroxylation is 1. The summed E-state index contributed by atoms with van der Waals surface area (Å²) >= 11 is 0. The van der Waals surface area contributed by atoms with E-state index < -0.39 is 12.4 Å². The van der Waals surface area contributed by atoms with E-state index in [-0.39, 0.29) is 23.1 Å². The number of ether oxygens (including phenoxy) is 1. The van der Waals surface area contributed by atoms with Crippen molar-refractivity contribution in [2.75, 3.05) is 7.11 Å². The first-order valence-electron chi connectivity index (χ1n) is 5.44. The average molecular weight is 253 g/mol. The van der Waals surface area contributed by atoms with Crippen LogP contribution in [0.5, 0.6) is 0 Å². The lowest BCUT2D eigenvalue weighted by atomic mass is 9.94. The molecule has 0 aliphatic rings. The molecule has 1 aromatic rings. The molecule has 0 amide bonds. The monoisotopic (exact) mass is 253 g/mol. The molecule has 0 N–H and O–H groups in total. The first kappa shape index (κ1) is 14.1. The molecule has 0 spiro atoms. The number of methoxy groups -OCH3 is 1. The molecule has 0 saturated heterocycles. The predicted molar refractivity (Wildman–Crippen MR) is 61.2 cm³/mol. The molecule has 0 aliphatic carbocycles. The van der Waals surface area contributed by atoms with Gasteiger partial charge in [0.15, 0.2) is 0 Å². The lowest BCUT2D eigenvalue weighted by molar-refractivity contribution is -0.139. The summed E-state index contributed by atoms with van der Waals surface area (Å²) in [5.41, 5.74) is 0.308. The Hall–Kier alpha value is -1.96. The Balaban J connectivity index is 3.34. The summed E-state index contributed by atoms with van der Waals surface area (Å²) in [5, 5.41) is 9.02. The van der Waals surface area contributed by atoms with Gasteiger partial charge in [0.1, 0.15) is 0 Å². The van der Waals surface area contributed by atoms with Crippen LogP contribution in [0, 0.1) is 11.3 Å². The Kier molecular flexibility index (Phi) is 4.78. The predicted octanol–water partition coefficient (Wildman–Crippen LogP) is 2.77. The molecule has 0 atom stereocenters. The maximum Gasteiger partial charge on any atom is 0.310 e. The van der Waals surface area contributed by atoms with Gasteiger partial charge < -0.3 is 4.74 Å². The molecule has 0 fully saturated rings. The van der Waals surface area contributed by atoms with Gasteiger partial charge in [-0.25, -0.2) is 8.78 Å². The van der Waals surface area contributed by atoms with Gasteiger partial charge in [0.05, 0.1) is 25.2 Å². The summed E-state index contributed by atoms with van der Waals surface area (Å²) in [6, 6.07) is 4.82. The number of nitriles is 1. The van der Waals surface area contributed by atoms with E-state index >= 15 is 0 Å². The van der Waals surface area contributed by atoms with Gasteiger partial charge in [-0.3, -0.25) is 4.79 Å². The fraction of sp³-hybridized carbons (Fsp3) is 0.385. The third kappa shape index (κ3) is 2.83. The summed E-state index contributed by atoms with van der Waals surface area (Å²) in [5.74, 6) is -0.559. The van der Waals surface area contributed by atoms with Crippen LogP contribution in [0.25, 0.3) is 0 Å². The van der Waals surface area contributed by atoms with Gasteiger partial charge in [-0.1, -0.05) is 19.1 Å². The second-order valence-corrected chi connectivity index (χ2v) is 3.69. The van der Waals surface area contributed by atoms with Crippen LogP contribution in [0.15, 0.2) is 12.1 Å². The van der Waals surface area contributed by atoms with Crippen LogP contribution in [0.3, 0.4) is 0 Å².